The van der Waals surface area contributed by atoms with Crippen molar-refractivity contribution in [3.05, 3.63) is 63.1 Å². The summed E-state index contributed by atoms with van der Waals surface area (Å²) in [5, 5.41) is 8.38. The zero-order chi connectivity index (χ0) is 19.2. The first-order chi connectivity index (χ1) is 13.0. The summed E-state index contributed by atoms with van der Waals surface area (Å²) in [6.07, 6.45) is 3.24. The summed E-state index contributed by atoms with van der Waals surface area (Å²) >= 11 is 3.03. The summed E-state index contributed by atoms with van der Waals surface area (Å²) in [6.45, 7) is 6.52. The maximum absolute atomic E-state index is 12.2. The second kappa shape index (κ2) is 8.92. The molecule has 0 spiro atoms. The number of nitrogens with zero attached hydrogens (tertiary/aromatic N) is 2. The Morgan fingerprint density at radius 3 is 2.74 bits per heavy atom. The minimum atomic E-state index is -0.218. The lowest BCUT2D eigenvalue weighted by Gasteiger charge is -2.07. The molecule has 0 bridgehead atoms. The van der Waals surface area contributed by atoms with Crippen LogP contribution in [0, 0.1) is 6.92 Å². The average Bonchev–Trinajstić information content (AvgIpc) is 3.28. The summed E-state index contributed by atoms with van der Waals surface area (Å²) in [5.74, 6) is 0.834. The predicted molar refractivity (Wildman–Crippen MR) is 111 cm³/mol. The molecule has 27 heavy (non-hydrogen) atoms. The molecule has 140 valence electrons. The Bertz CT molecular complexity index is 944. The molecule has 1 amide bonds. The summed E-state index contributed by atoms with van der Waals surface area (Å²) in [6, 6.07) is 7.60. The zero-order valence-corrected chi connectivity index (χ0v) is 17.1. The number of para-hydroxylation sites is 1. The molecule has 1 N–H and O–H groups in total. The van der Waals surface area contributed by atoms with E-state index in [0.29, 0.717) is 23.4 Å². The molecule has 2 aromatic heterocycles. The van der Waals surface area contributed by atoms with Crippen LogP contribution in [0.3, 0.4) is 0 Å². The Balaban J connectivity index is 1.62. The van der Waals surface area contributed by atoms with Crippen molar-refractivity contribution in [3.63, 3.8) is 0 Å². The van der Waals surface area contributed by atoms with Gasteiger partial charge in [0.05, 0.1) is 16.4 Å². The molecule has 0 saturated heterocycles. The molecule has 3 aromatic rings. The number of benzene rings is 1. The molecule has 0 atom stereocenters. The van der Waals surface area contributed by atoms with Gasteiger partial charge in [0.15, 0.2) is 5.13 Å². The van der Waals surface area contributed by atoms with Crippen molar-refractivity contribution in [1.82, 2.24) is 9.97 Å². The van der Waals surface area contributed by atoms with Gasteiger partial charge in [-0.05, 0) is 25.0 Å². The summed E-state index contributed by atoms with van der Waals surface area (Å²) in [5.41, 5.74) is 2.72. The van der Waals surface area contributed by atoms with Crippen LogP contribution >= 0.6 is 22.7 Å². The maximum atomic E-state index is 12.2. The number of anilines is 1. The first-order valence-electron chi connectivity index (χ1n) is 8.58. The van der Waals surface area contributed by atoms with Gasteiger partial charge in [-0.1, -0.05) is 32.0 Å². The van der Waals surface area contributed by atoms with Crippen molar-refractivity contribution in [2.24, 2.45) is 0 Å². The first-order valence-corrected chi connectivity index (χ1v) is 10.3. The summed E-state index contributed by atoms with van der Waals surface area (Å²) < 4.78 is 5.87. The molecule has 0 fully saturated rings. The van der Waals surface area contributed by atoms with Crippen molar-refractivity contribution >= 4 is 39.8 Å². The third kappa shape index (κ3) is 5.48. The molecule has 2 heterocycles. The number of hydrogen-bond acceptors (Lipinski definition) is 6. The van der Waals surface area contributed by atoms with Crippen LogP contribution in [-0.2, 0) is 11.4 Å². The first kappa shape index (κ1) is 19.3. The predicted octanol–water partition coefficient (Wildman–Crippen LogP) is 5.26. The summed E-state index contributed by atoms with van der Waals surface area (Å²) in [7, 11) is 0. The van der Waals surface area contributed by atoms with Crippen LogP contribution in [0.2, 0.25) is 0 Å². The Labute approximate surface area is 166 Å². The third-order valence-corrected chi connectivity index (χ3v) is 5.32. The van der Waals surface area contributed by atoms with Gasteiger partial charge in [-0.25, -0.2) is 9.97 Å². The van der Waals surface area contributed by atoms with E-state index in [-0.39, 0.29) is 5.91 Å². The number of aromatic nitrogens is 2. The van der Waals surface area contributed by atoms with E-state index in [1.807, 2.05) is 41.9 Å². The van der Waals surface area contributed by atoms with Crippen LogP contribution in [0.25, 0.3) is 6.08 Å². The van der Waals surface area contributed by atoms with E-state index in [1.165, 1.54) is 17.4 Å². The van der Waals surface area contributed by atoms with E-state index >= 15 is 0 Å². The zero-order valence-electron chi connectivity index (χ0n) is 15.4. The third-order valence-electron chi connectivity index (χ3n) is 3.72. The van der Waals surface area contributed by atoms with Gasteiger partial charge >= 0.3 is 0 Å². The van der Waals surface area contributed by atoms with E-state index in [2.05, 4.69) is 29.1 Å². The number of carbonyl (C=O) groups is 1. The van der Waals surface area contributed by atoms with Crippen molar-refractivity contribution in [1.29, 1.82) is 0 Å². The fourth-order valence-corrected chi connectivity index (χ4v) is 3.77. The Morgan fingerprint density at radius 1 is 1.22 bits per heavy atom. The molecule has 7 heteroatoms. The van der Waals surface area contributed by atoms with Crippen LogP contribution in [0.15, 0.2) is 41.1 Å². The van der Waals surface area contributed by atoms with Gasteiger partial charge in [-0.3, -0.25) is 10.1 Å². The quantitative estimate of drug-likeness (QED) is 0.550. The number of amides is 1. The topological polar surface area (TPSA) is 64.1 Å². The highest BCUT2D eigenvalue weighted by Crippen LogP contribution is 2.23. The van der Waals surface area contributed by atoms with Crippen molar-refractivity contribution in [2.45, 2.75) is 33.3 Å². The van der Waals surface area contributed by atoms with Crippen LogP contribution in [0.4, 0.5) is 5.13 Å². The number of rotatable bonds is 7. The molecule has 3 rings (SSSR count). The van der Waals surface area contributed by atoms with E-state index in [4.69, 9.17) is 4.74 Å². The number of thiazole rings is 2. The second-order valence-corrected chi connectivity index (χ2v) is 8.16. The largest absolute Gasteiger partial charge is 0.487 e. The fourth-order valence-electron chi connectivity index (χ4n) is 2.30. The van der Waals surface area contributed by atoms with E-state index in [0.717, 1.165) is 22.0 Å². The number of nitrogens with one attached hydrogen (secondary N) is 1. The van der Waals surface area contributed by atoms with E-state index in [9.17, 15) is 4.79 Å². The molecule has 1 aromatic carbocycles. The molecule has 5 nitrogen and oxygen atoms in total. The SMILES string of the molecule is Cc1nc(COc2ccccc2/C=C/C(=O)Nc2nc(C(C)C)cs2)cs1. The summed E-state index contributed by atoms with van der Waals surface area (Å²) in [4.78, 5) is 21.0. The van der Waals surface area contributed by atoms with Crippen LogP contribution < -0.4 is 10.1 Å². The molecule has 0 saturated carbocycles. The molecular weight excluding hydrogens is 378 g/mol. The highest BCUT2D eigenvalue weighted by atomic mass is 32.1. The lowest BCUT2D eigenvalue weighted by atomic mass is 10.2. The van der Waals surface area contributed by atoms with Gasteiger partial charge in [0.1, 0.15) is 12.4 Å². The molecular formula is C20H21N3O2S2. The average molecular weight is 400 g/mol. The number of hydrogen-bond donors (Lipinski definition) is 1. The van der Waals surface area contributed by atoms with E-state index in [1.54, 1.807) is 17.4 Å². The lowest BCUT2D eigenvalue weighted by molar-refractivity contribution is -0.111. The second-order valence-electron chi connectivity index (χ2n) is 6.24. The highest BCUT2D eigenvalue weighted by molar-refractivity contribution is 7.14. The van der Waals surface area contributed by atoms with Crippen molar-refractivity contribution in [3.8, 4) is 5.75 Å². The van der Waals surface area contributed by atoms with Gasteiger partial charge in [0.2, 0.25) is 5.91 Å². The van der Waals surface area contributed by atoms with Crippen molar-refractivity contribution < 1.29 is 9.53 Å². The number of aryl methyl sites for hydroxylation is 1. The fraction of sp³-hybridized carbons (Fsp3) is 0.250. The number of ether oxygens (including phenoxy) is 1. The molecule has 0 aliphatic carbocycles. The van der Waals surface area contributed by atoms with Gasteiger partial charge in [-0.15, -0.1) is 22.7 Å². The van der Waals surface area contributed by atoms with Crippen molar-refractivity contribution in [2.75, 3.05) is 5.32 Å². The van der Waals surface area contributed by atoms with Gasteiger partial charge < -0.3 is 4.74 Å². The molecule has 0 aliphatic rings. The Hall–Kier alpha value is -2.51. The molecule has 0 radical (unpaired) electrons. The Morgan fingerprint density at radius 2 is 2.04 bits per heavy atom. The van der Waals surface area contributed by atoms with Gasteiger partial charge in [0.25, 0.3) is 0 Å². The lowest BCUT2D eigenvalue weighted by Crippen LogP contribution is -2.07. The van der Waals surface area contributed by atoms with Crippen LogP contribution in [0.5, 0.6) is 5.75 Å². The molecule has 0 aliphatic heterocycles. The number of carbonyl (C=O) groups excluding carboxylic acids is 1. The molecule has 0 unspecified atom stereocenters. The van der Waals surface area contributed by atoms with E-state index < -0.39 is 0 Å². The standard InChI is InChI=1S/C20H21N3O2S2/c1-13(2)17-12-27-20(22-17)23-19(24)9-8-15-6-4-5-7-18(15)25-10-16-11-26-14(3)21-16/h4-9,11-13H,10H2,1-3H3,(H,22,23,24)/b9-8+. The smallest absolute Gasteiger partial charge is 0.250 e. The monoisotopic (exact) mass is 399 g/mol. The maximum Gasteiger partial charge on any atom is 0.250 e. The Kier molecular flexibility index (Phi) is 6.36. The normalized spacial score (nSPS) is 11.3. The highest BCUT2D eigenvalue weighted by Gasteiger charge is 2.08. The van der Waals surface area contributed by atoms with Gasteiger partial charge in [0, 0.05) is 22.4 Å². The van der Waals surface area contributed by atoms with Gasteiger partial charge in [-0.2, -0.15) is 0 Å². The van der Waals surface area contributed by atoms with Crippen LogP contribution in [-0.4, -0.2) is 15.9 Å². The minimum Gasteiger partial charge on any atom is -0.487 e. The minimum absolute atomic E-state index is 0.218. The van der Waals surface area contributed by atoms with Crippen LogP contribution in [0.1, 0.15) is 41.7 Å².